The van der Waals surface area contributed by atoms with E-state index in [9.17, 15) is 5.11 Å². The molecule has 1 spiro atoms. The second-order valence-corrected chi connectivity index (χ2v) is 8.22. The number of aliphatic hydroxyl groups excluding tert-OH is 1. The molecular weight excluding hydrogens is 346 g/mol. The number of fused-ring (bicyclic) bond motifs is 2. The molecule has 140 valence electrons. The standard InChI is InChI=1S/C21H28ClN3O/c1-2-3-8-19-23-17(20(22)24-19)14-25-11-9-21(10-12-25)16-7-5-4-6-15(16)13-18(21)26/h4-7,18,26H,2-3,8-14H2,1H3,(H,23,24)/t18-/m1/s1. The molecule has 0 unspecified atom stereocenters. The molecule has 1 aliphatic heterocycles. The Morgan fingerprint density at radius 2 is 2.08 bits per heavy atom. The first kappa shape index (κ1) is 18.0. The lowest BCUT2D eigenvalue weighted by Gasteiger charge is -2.42. The van der Waals surface area contributed by atoms with Crippen LogP contribution >= 0.6 is 11.6 Å². The Kier molecular flexibility index (Phi) is 5.09. The summed E-state index contributed by atoms with van der Waals surface area (Å²) in [5.74, 6) is 1.00. The number of unbranched alkanes of at least 4 members (excludes halogenated alkanes) is 1. The number of aromatic nitrogens is 2. The highest BCUT2D eigenvalue weighted by molar-refractivity contribution is 6.30. The number of benzene rings is 1. The molecule has 1 aromatic heterocycles. The Hall–Kier alpha value is -1.36. The lowest BCUT2D eigenvalue weighted by molar-refractivity contribution is 0.0411. The zero-order valence-corrected chi connectivity index (χ0v) is 16.2. The van der Waals surface area contributed by atoms with E-state index in [2.05, 4.69) is 46.1 Å². The minimum atomic E-state index is -0.251. The van der Waals surface area contributed by atoms with Crippen molar-refractivity contribution in [2.45, 2.75) is 63.5 Å². The summed E-state index contributed by atoms with van der Waals surface area (Å²) in [7, 11) is 0. The number of hydrogen-bond acceptors (Lipinski definition) is 3. The molecule has 2 aliphatic rings. The third-order valence-electron chi connectivity index (χ3n) is 6.28. The van der Waals surface area contributed by atoms with Crippen molar-refractivity contribution in [1.29, 1.82) is 0 Å². The highest BCUT2D eigenvalue weighted by atomic mass is 35.5. The van der Waals surface area contributed by atoms with Crippen molar-refractivity contribution >= 4 is 11.6 Å². The van der Waals surface area contributed by atoms with Gasteiger partial charge in [-0.2, -0.15) is 0 Å². The average molecular weight is 374 g/mol. The van der Waals surface area contributed by atoms with Crippen LogP contribution in [0, 0.1) is 0 Å². The molecule has 2 heterocycles. The number of nitrogens with one attached hydrogen (secondary N) is 1. The van der Waals surface area contributed by atoms with Crippen LogP contribution in [0.15, 0.2) is 24.3 Å². The molecule has 26 heavy (non-hydrogen) atoms. The highest BCUT2D eigenvalue weighted by Gasteiger charge is 2.47. The largest absolute Gasteiger partial charge is 0.392 e. The molecule has 0 amide bonds. The van der Waals surface area contributed by atoms with Crippen LogP contribution in [-0.2, 0) is 24.8 Å². The quantitative estimate of drug-likeness (QED) is 0.836. The summed E-state index contributed by atoms with van der Waals surface area (Å²) >= 11 is 6.34. The predicted molar refractivity (Wildman–Crippen MR) is 105 cm³/mol. The number of hydrogen-bond donors (Lipinski definition) is 2. The monoisotopic (exact) mass is 373 g/mol. The molecule has 5 heteroatoms. The van der Waals surface area contributed by atoms with E-state index in [1.807, 2.05) is 0 Å². The van der Waals surface area contributed by atoms with Crippen molar-refractivity contribution in [2.75, 3.05) is 13.1 Å². The van der Waals surface area contributed by atoms with Crippen molar-refractivity contribution in [1.82, 2.24) is 14.9 Å². The second-order valence-electron chi connectivity index (χ2n) is 7.87. The van der Waals surface area contributed by atoms with E-state index in [-0.39, 0.29) is 11.5 Å². The van der Waals surface area contributed by atoms with Crippen molar-refractivity contribution in [3.8, 4) is 0 Å². The third kappa shape index (κ3) is 3.19. The van der Waals surface area contributed by atoms with Crippen LogP contribution in [0.4, 0.5) is 0 Å². The lowest BCUT2D eigenvalue weighted by atomic mass is 9.72. The summed E-state index contributed by atoms with van der Waals surface area (Å²) < 4.78 is 0. The minimum absolute atomic E-state index is 0.0584. The van der Waals surface area contributed by atoms with Crippen LogP contribution in [0.2, 0.25) is 5.15 Å². The number of aliphatic hydroxyl groups is 1. The van der Waals surface area contributed by atoms with E-state index >= 15 is 0 Å². The fourth-order valence-electron chi connectivity index (χ4n) is 4.71. The average Bonchev–Trinajstić information content (AvgIpc) is 3.13. The molecule has 1 saturated heterocycles. The van der Waals surface area contributed by atoms with E-state index < -0.39 is 0 Å². The summed E-state index contributed by atoms with van der Waals surface area (Å²) in [4.78, 5) is 10.3. The van der Waals surface area contributed by atoms with E-state index in [0.717, 1.165) is 69.7 Å². The number of rotatable bonds is 5. The predicted octanol–water partition coefficient (Wildman–Crippen LogP) is 3.86. The Bertz CT molecular complexity index is 764. The summed E-state index contributed by atoms with van der Waals surface area (Å²) in [5, 5.41) is 11.4. The van der Waals surface area contributed by atoms with Crippen LogP contribution in [-0.4, -0.2) is 39.2 Å². The topological polar surface area (TPSA) is 52.1 Å². The molecule has 2 N–H and O–H groups in total. The van der Waals surface area contributed by atoms with Gasteiger partial charge in [0.05, 0.1) is 11.8 Å². The van der Waals surface area contributed by atoms with Gasteiger partial charge in [-0.1, -0.05) is 49.2 Å². The molecule has 4 nitrogen and oxygen atoms in total. The van der Waals surface area contributed by atoms with Crippen molar-refractivity contribution < 1.29 is 5.11 Å². The lowest BCUT2D eigenvalue weighted by Crippen LogP contribution is -2.47. The Labute approximate surface area is 160 Å². The van der Waals surface area contributed by atoms with Crippen LogP contribution in [0.5, 0.6) is 0 Å². The van der Waals surface area contributed by atoms with Gasteiger partial charge in [0.15, 0.2) is 5.15 Å². The van der Waals surface area contributed by atoms with Crippen molar-refractivity contribution in [3.63, 3.8) is 0 Å². The van der Waals surface area contributed by atoms with Gasteiger partial charge in [0, 0.05) is 18.4 Å². The molecule has 0 bridgehead atoms. The SMILES string of the molecule is CCCCc1nc(Cl)c(CN2CCC3(CC2)c2ccccc2C[C@H]3O)[nH]1. The number of nitrogens with zero attached hydrogens (tertiary/aromatic N) is 2. The highest BCUT2D eigenvalue weighted by Crippen LogP contribution is 2.46. The minimum Gasteiger partial charge on any atom is -0.392 e. The number of aryl methyl sites for hydroxylation is 1. The van der Waals surface area contributed by atoms with Gasteiger partial charge in [-0.05, 0) is 49.9 Å². The van der Waals surface area contributed by atoms with Gasteiger partial charge in [0.1, 0.15) is 5.82 Å². The summed E-state index contributed by atoms with van der Waals surface area (Å²) in [6.07, 6.45) is 5.79. The molecule has 0 saturated carbocycles. The molecule has 1 aromatic carbocycles. The molecular formula is C21H28ClN3O. The third-order valence-corrected chi connectivity index (χ3v) is 6.59. The van der Waals surface area contributed by atoms with Crippen LogP contribution in [0.1, 0.15) is 55.3 Å². The number of H-pyrrole nitrogens is 1. The van der Waals surface area contributed by atoms with Gasteiger partial charge < -0.3 is 10.1 Å². The van der Waals surface area contributed by atoms with E-state index in [1.165, 1.54) is 11.1 Å². The smallest absolute Gasteiger partial charge is 0.151 e. The summed E-state index contributed by atoms with van der Waals surface area (Å²) in [6, 6.07) is 8.57. The summed E-state index contributed by atoms with van der Waals surface area (Å²) in [5.41, 5.74) is 3.66. The van der Waals surface area contributed by atoms with Gasteiger partial charge in [-0.15, -0.1) is 0 Å². The number of piperidine rings is 1. The van der Waals surface area contributed by atoms with E-state index in [1.54, 1.807) is 0 Å². The van der Waals surface area contributed by atoms with Gasteiger partial charge in [0.2, 0.25) is 0 Å². The maximum Gasteiger partial charge on any atom is 0.151 e. The fraction of sp³-hybridized carbons (Fsp3) is 0.571. The van der Waals surface area contributed by atoms with Gasteiger partial charge in [0.25, 0.3) is 0 Å². The zero-order valence-electron chi connectivity index (χ0n) is 15.5. The molecule has 0 radical (unpaired) electrons. The number of halogens is 1. The molecule has 2 aromatic rings. The van der Waals surface area contributed by atoms with Crippen molar-refractivity contribution in [3.05, 3.63) is 52.1 Å². The first-order valence-electron chi connectivity index (χ1n) is 9.84. The number of aromatic amines is 1. The maximum absolute atomic E-state index is 10.8. The maximum atomic E-state index is 10.8. The second kappa shape index (κ2) is 7.34. The first-order valence-corrected chi connectivity index (χ1v) is 10.2. The first-order chi connectivity index (χ1) is 12.6. The van der Waals surface area contributed by atoms with E-state index in [0.29, 0.717) is 5.15 Å². The molecule has 4 rings (SSSR count). The van der Waals surface area contributed by atoms with Gasteiger partial charge in [-0.3, -0.25) is 4.90 Å². The fourth-order valence-corrected chi connectivity index (χ4v) is 4.92. The molecule has 1 fully saturated rings. The van der Waals surface area contributed by atoms with Crippen LogP contribution in [0.25, 0.3) is 0 Å². The Morgan fingerprint density at radius 1 is 1.31 bits per heavy atom. The Balaban J connectivity index is 1.42. The molecule has 1 atom stereocenters. The van der Waals surface area contributed by atoms with Gasteiger partial charge in [-0.25, -0.2) is 4.98 Å². The van der Waals surface area contributed by atoms with E-state index in [4.69, 9.17) is 11.6 Å². The number of imidazole rings is 1. The molecule has 1 aliphatic carbocycles. The normalized spacial score (nSPS) is 22.0. The summed E-state index contributed by atoms with van der Waals surface area (Å²) in [6.45, 7) is 4.95. The Morgan fingerprint density at radius 3 is 2.85 bits per heavy atom. The zero-order chi connectivity index (χ0) is 18.1. The van der Waals surface area contributed by atoms with Crippen molar-refractivity contribution in [2.24, 2.45) is 0 Å². The van der Waals surface area contributed by atoms with Crippen LogP contribution in [0.3, 0.4) is 0 Å². The van der Waals surface area contributed by atoms with Gasteiger partial charge >= 0.3 is 0 Å². The van der Waals surface area contributed by atoms with Crippen LogP contribution < -0.4 is 0 Å². The number of likely N-dealkylation sites (tertiary alicyclic amines) is 1.